The van der Waals surface area contributed by atoms with Gasteiger partial charge in [0.1, 0.15) is 4.99 Å². The molecule has 0 amide bonds. The summed E-state index contributed by atoms with van der Waals surface area (Å²) >= 11 is 7.62. The number of hydrogen-bond donors (Lipinski definition) is 1. The summed E-state index contributed by atoms with van der Waals surface area (Å²) in [4.78, 5) is 0.752. The third kappa shape index (κ3) is 3.02. The molecule has 0 aliphatic carbocycles. The summed E-state index contributed by atoms with van der Waals surface area (Å²) in [5.41, 5.74) is 2.07. The molecular formula is C13H10INS. The Bertz CT molecular complexity index is 496. The maximum atomic E-state index is 5.33. The Labute approximate surface area is 114 Å². The van der Waals surface area contributed by atoms with Crippen LogP contribution in [0, 0.1) is 3.57 Å². The standard InChI is InChI=1S/C13H10INS/c14-11-7-4-8-12(9-11)15-13(16)10-5-2-1-3-6-10/h1-9H,(H,15,16). The van der Waals surface area contributed by atoms with Crippen LogP contribution in [0.25, 0.3) is 0 Å². The van der Waals surface area contributed by atoms with E-state index in [-0.39, 0.29) is 0 Å². The van der Waals surface area contributed by atoms with E-state index < -0.39 is 0 Å². The Morgan fingerprint density at radius 2 is 1.75 bits per heavy atom. The van der Waals surface area contributed by atoms with Gasteiger partial charge in [0, 0.05) is 14.8 Å². The Kier molecular flexibility index (Phi) is 3.90. The first-order valence-corrected chi connectivity index (χ1v) is 6.36. The second-order valence-electron chi connectivity index (χ2n) is 3.33. The van der Waals surface area contributed by atoms with Gasteiger partial charge in [-0.2, -0.15) is 0 Å². The van der Waals surface area contributed by atoms with Gasteiger partial charge in [-0.15, -0.1) is 0 Å². The molecule has 0 bridgehead atoms. The van der Waals surface area contributed by atoms with E-state index in [9.17, 15) is 0 Å². The number of benzene rings is 2. The van der Waals surface area contributed by atoms with Gasteiger partial charge in [-0.1, -0.05) is 48.6 Å². The molecule has 80 valence electrons. The van der Waals surface area contributed by atoms with E-state index in [0.29, 0.717) is 0 Å². The van der Waals surface area contributed by atoms with Crippen LogP contribution < -0.4 is 5.32 Å². The lowest BCUT2D eigenvalue weighted by Crippen LogP contribution is -2.10. The largest absolute Gasteiger partial charge is 0.346 e. The van der Waals surface area contributed by atoms with E-state index in [1.807, 2.05) is 42.5 Å². The van der Waals surface area contributed by atoms with E-state index >= 15 is 0 Å². The van der Waals surface area contributed by atoms with Crippen molar-refractivity contribution >= 4 is 45.5 Å². The van der Waals surface area contributed by atoms with Crippen LogP contribution in [0.1, 0.15) is 5.56 Å². The molecule has 0 fully saturated rings. The van der Waals surface area contributed by atoms with E-state index in [1.165, 1.54) is 3.57 Å². The molecule has 3 heteroatoms. The van der Waals surface area contributed by atoms with Gasteiger partial charge in [0.25, 0.3) is 0 Å². The zero-order valence-electron chi connectivity index (χ0n) is 8.48. The van der Waals surface area contributed by atoms with Gasteiger partial charge in [-0.25, -0.2) is 0 Å². The lowest BCUT2D eigenvalue weighted by molar-refractivity contribution is 1.58. The van der Waals surface area contributed by atoms with Gasteiger partial charge in [0.2, 0.25) is 0 Å². The minimum absolute atomic E-state index is 0.752. The molecule has 0 aromatic heterocycles. The highest BCUT2D eigenvalue weighted by atomic mass is 127. The highest BCUT2D eigenvalue weighted by Gasteiger charge is 2.00. The van der Waals surface area contributed by atoms with Gasteiger partial charge >= 0.3 is 0 Å². The summed E-state index contributed by atoms with van der Waals surface area (Å²) in [7, 11) is 0. The number of thiocarbonyl (C=S) groups is 1. The van der Waals surface area contributed by atoms with E-state index in [4.69, 9.17) is 12.2 Å². The van der Waals surface area contributed by atoms with E-state index in [2.05, 4.69) is 40.0 Å². The maximum Gasteiger partial charge on any atom is 0.110 e. The quantitative estimate of drug-likeness (QED) is 0.654. The third-order valence-electron chi connectivity index (χ3n) is 2.12. The van der Waals surface area contributed by atoms with Gasteiger partial charge < -0.3 is 5.32 Å². The van der Waals surface area contributed by atoms with Crippen molar-refractivity contribution in [3.8, 4) is 0 Å². The molecule has 1 N–H and O–H groups in total. The van der Waals surface area contributed by atoms with Crippen molar-refractivity contribution < 1.29 is 0 Å². The van der Waals surface area contributed by atoms with Gasteiger partial charge in [-0.3, -0.25) is 0 Å². The van der Waals surface area contributed by atoms with Crippen LogP contribution in [0.5, 0.6) is 0 Å². The Morgan fingerprint density at radius 3 is 2.44 bits per heavy atom. The summed E-state index contributed by atoms with van der Waals surface area (Å²) in [6.07, 6.45) is 0. The van der Waals surface area contributed by atoms with Gasteiger partial charge in [-0.05, 0) is 40.8 Å². The zero-order valence-corrected chi connectivity index (χ0v) is 11.5. The van der Waals surface area contributed by atoms with Crippen molar-refractivity contribution in [2.45, 2.75) is 0 Å². The number of nitrogens with one attached hydrogen (secondary N) is 1. The number of anilines is 1. The van der Waals surface area contributed by atoms with Crippen molar-refractivity contribution in [3.05, 3.63) is 63.7 Å². The number of hydrogen-bond acceptors (Lipinski definition) is 1. The molecule has 0 aliphatic heterocycles. The predicted octanol–water partition coefficient (Wildman–Crippen LogP) is 4.08. The van der Waals surface area contributed by atoms with Crippen LogP contribution in [0.2, 0.25) is 0 Å². The third-order valence-corrected chi connectivity index (χ3v) is 3.13. The molecule has 0 heterocycles. The van der Waals surface area contributed by atoms with Crippen molar-refractivity contribution in [2.75, 3.05) is 5.32 Å². The van der Waals surface area contributed by atoms with E-state index in [0.717, 1.165) is 16.2 Å². The van der Waals surface area contributed by atoms with Gasteiger partial charge in [0.05, 0.1) is 0 Å². The molecule has 0 radical (unpaired) electrons. The molecule has 0 saturated carbocycles. The number of rotatable bonds is 2. The molecule has 2 aromatic carbocycles. The molecule has 0 spiro atoms. The maximum absolute atomic E-state index is 5.33. The lowest BCUT2D eigenvalue weighted by Gasteiger charge is -2.08. The first-order valence-electron chi connectivity index (χ1n) is 4.88. The Balaban J connectivity index is 2.14. The summed E-state index contributed by atoms with van der Waals surface area (Å²) in [6, 6.07) is 18.1. The molecular weight excluding hydrogens is 329 g/mol. The molecule has 16 heavy (non-hydrogen) atoms. The van der Waals surface area contributed by atoms with Crippen molar-refractivity contribution in [3.63, 3.8) is 0 Å². The second kappa shape index (κ2) is 5.41. The smallest absolute Gasteiger partial charge is 0.110 e. The fraction of sp³-hybridized carbons (Fsp3) is 0. The van der Waals surface area contributed by atoms with Crippen LogP contribution in [-0.2, 0) is 0 Å². The summed E-state index contributed by atoms with van der Waals surface area (Å²) < 4.78 is 1.19. The average molecular weight is 339 g/mol. The Morgan fingerprint density at radius 1 is 1.00 bits per heavy atom. The SMILES string of the molecule is S=C(Nc1cccc(I)c1)c1ccccc1. The van der Waals surface area contributed by atoms with Crippen molar-refractivity contribution in [1.29, 1.82) is 0 Å². The minimum Gasteiger partial charge on any atom is -0.346 e. The molecule has 1 nitrogen and oxygen atoms in total. The molecule has 2 aromatic rings. The van der Waals surface area contributed by atoms with Crippen LogP contribution in [0.4, 0.5) is 5.69 Å². The average Bonchev–Trinajstić information content (AvgIpc) is 2.30. The summed E-state index contributed by atoms with van der Waals surface area (Å²) in [6.45, 7) is 0. The minimum atomic E-state index is 0.752. The topological polar surface area (TPSA) is 12.0 Å². The fourth-order valence-corrected chi connectivity index (χ4v) is 2.16. The molecule has 0 aliphatic rings. The zero-order chi connectivity index (χ0) is 11.4. The first-order chi connectivity index (χ1) is 7.75. The monoisotopic (exact) mass is 339 g/mol. The predicted molar refractivity (Wildman–Crippen MR) is 80.9 cm³/mol. The molecule has 0 unspecified atom stereocenters. The Hall–Kier alpha value is -0.940. The van der Waals surface area contributed by atoms with Crippen molar-refractivity contribution in [2.24, 2.45) is 0 Å². The summed E-state index contributed by atoms with van der Waals surface area (Å²) in [5.74, 6) is 0. The highest BCUT2D eigenvalue weighted by molar-refractivity contribution is 14.1. The molecule has 2 rings (SSSR count). The molecule has 0 atom stereocenters. The summed E-state index contributed by atoms with van der Waals surface area (Å²) in [5, 5.41) is 3.23. The number of halogens is 1. The van der Waals surface area contributed by atoms with Crippen molar-refractivity contribution in [1.82, 2.24) is 0 Å². The highest BCUT2D eigenvalue weighted by Crippen LogP contribution is 2.14. The van der Waals surface area contributed by atoms with Crippen LogP contribution >= 0.6 is 34.8 Å². The molecule has 0 saturated heterocycles. The van der Waals surface area contributed by atoms with Crippen LogP contribution in [0.15, 0.2) is 54.6 Å². The van der Waals surface area contributed by atoms with Crippen LogP contribution in [0.3, 0.4) is 0 Å². The van der Waals surface area contributed by atoms with Gasteiger partial charge in [0.15, 0.2) is 0 Å². The van der Waals surface area contributed by atoms with E-state index in [1.54, 1.807) is 0 Å². The van der Waals surface area contributed by atoms with Crippen LogP contribution in [-0.4, -0.2) is 4.99 Å². The lowest BCUT2D eigenvalue weighted by atomic mass is 10.2. The normalized spacial score (nSPS) is 9.81. The second-order valence-corrected chi connectivity index (χ2v) is 4.98. The fourth-order valence-electron chi connectivity index (χ4n) is 1.36. The first kappa shape index (κ1) is 11.5.